The van der Waals surface area contributed by atoms with Gasteiger partial charge in [-0.2, -0.15) is 5.48 Å². The van der Waals surface area contributed by atoms with Crippen LogP contribution in [-0.4, -0.2) is 12.1 Å². The largest absolute Gasteiger partial charge is 0.295 e. The van der Waals surface area contributed by atoms with E-state index in [9.17, 15) is 0 Å². The van der Waals surface area contributed by atoms with E-state index < -0.39 is 0 Å². The van der Waals surface area contributed by atoms with Crippen molar-refractivity contribution in [3.63, 3.8) is 0 Å². The Morgan fingerprint density at radius 2 is 2.00 bits per heavy atom. The summed E-state index contributed by atoms with van der Waals surface area (Å²) in [7, 11) is 0. The van der Waals surface area contributed by atoms with E-state index in [1.165, 1.54) is 0 Å². The summed E-state index contributed by atoms with van der Waals surface area (Å²) in [6.45, 7) is 8.35. The molecule has 0 aliphatic carbocycles. The van der Waals surface area contributed by atoms with Crippen LogP contribution >= 0.6 is 0 Å². The van der Waals surface area contributed by atoms with Gasteiger partial charge in [-0.3, -0.25) is 4.84 Å². The second-order valence-corrected chi connectivity index (χ2v) is 2.96. The Bertz CT molecular complexity index is 136. The van der Waals surface area contributed by atoms with Crippen molar-refractivity contribution in [1.82, 2.24) is 5.48 Å². The summed E-state index contributed by atoms with van der Waals surface area (Å²) >= 11 is 0. The highest BCUT2D eigenvalue weighted by atomic mass is 16.7. The molecule has 0 heterocycles. The summed E-state index contributed by atoms with van der Waals surface area (Å²) in [6.07, 6.45) is 0. The van der Waals surface area contributed by atoms with Gasteiger partial charge in [0.15, 0.2) is 0 Å². The molecule has 0 bridgehead atoms. The van der Waals surface area contributed by atoms with Crippen LogP contribution in [0.1, 0.15) is 27.7 Å². The number of hydrogen-bond donors (Lipinski definition) is 1. The third-order valence-corrected chi connectivity index (χ3v) is 0.716. The van der Waals surface area contributed by atoms with Crippen LogP contribution in [0.4, 0.5) is 0 Å². The van der Waals surface area contributed by atoms with Crippen LogP contribution in [0, 0.1) is 11.8 Å². The maximum atomic E-state index is 5.18. The van der Waals surface area contributed by atoms with Gasteiger partial charge in [0.2, 0.25) is 0 Å². The van der Waals surface area contributed by atoms with Crippen molar-refractivity contribution in [2.24, 2.45) is 0 Å². The third kappa shape index (κ3) is 7.48. The Morgan fingerprint density at radius 3 is 2.40 bits per heavy atom. The smallest absolute Gasteiger partial charge is 0.0821 e. The molecule has 0 atom stereocenters. The first-order valence-corrected chi connectivity index (χ1v) is 3.37. The van der Waals surface area contributed by atoms with Gasteiger partial charge in [-0.05, 0) is 27.7 Å². The lowest BCUT2D eigenvalue weighted by molar-refractivity contribution is -0.0669. The lowest BCUT2D eigenvalue weighted by Gasteiger charge is -2.17. The molecule has 2 heteroatoms. The van der Waals surface area contributed by atoms with Crippen molar-refractivity contribution >= 4 is 0 Å². The lowest BCUT2D eigenvalue weighted by Crippen LogP contribution is -2.29. The number of hydrogen-bond acceptors (Lipinski definition) is 2. The molecule has 0 aromatic carbocycles. The molecule has 0 amide bonds. The van der Waals surface area contributed by atoms with Crippen molar-refractivity contribution in [2.75, 3.05) is 6.54 Å². The highest BCUT2D eigenvalue weighted by Gasteiger charge is 2.08. The van der Waals surface area contributed by atoms with E-state index in [4.69, 9.17) is 4.84 Å². The minimum Gasteiger partial charge on any atom is -0.295 e. The molecule has 10 heavy (non-hydrogen) atoms. The topological polar surface area (TPSA) is 21.3 Å². The zero-order chi connectivity index (χ0) is 8.04. The Kier molecular flexibility index (Phi) is 4.10. The summed E-state index contributed by atoms with van der Waals surface area (Å²) in [5.41, 5.74) is 2.62. The van der Waals surface area contributed by atoms with E-state index in [1.54, 1.807) is 6.92 Å². The van der Waals surface area contributed by atoms with E-state index >= 15 is 0 Å². The average molecular weight is 141 g/mol. The Labute approximate surface area is 62.9 Å². The van der Waals surface area contributed by atoms with Crippen LogP contribution in [0.5, 0.6) is 0 Å². The molecule has 0 unspecified atom stereocenters. The van der Waals surface area contributed by atoms with Crippen molar-refractivity contribution < 1.29 is 4.84 Å². The van der Waals surface area contributed by atoms with Crippen LogP contribution in [-0.2, 0) is 4.84 Å². The second-order valence-electron chi connectivity index (χ2n) is 2.96. The first kappa shape index (κ1) is 9.48. The summed E-state index contributed by atoms with van der Waals surface area (Å²) < 4.78 is 0. The van der Waals surface area contributed by atoms with Crippen LogP contribution in [0.25, 0.3) is 0 Å². The monoisotopic (exact) mass is 141 g/mol. The molecule has 2 nitrogen and oxygen atoms in total. The quantitative estimate of drug-likeness (QED) is 0.356. The van der Waals surface area contributed by atoms with Crippen LogP contribution in [0.15, 0.2) is 0 Å². The Hall–Kier alpha value is -0.520. The zero-order valence-electron chi connectivity index (χ0n) is 7.12. The first-order valence-electron chi connectivity index (χ1n) is 3.37. The fraction of sp³-hybridized carbons (Fsp3) is 0.750. The molecule has 0 saturated heterocycles. The van der Waals surface area contributed by atoms with Crippen molar-refractivity contribution in [1.29, 1.82) is 0 Å². The maximum absolute atomic E-state index is 5.18. The van der Waals surface area contributed by atoms with Crippen molar-refractivity contribution in [3.8, 4) is 11.8 Å². The van der Waals surface area contributed by atoms with Gasteiger partial charge in [-0.15, -0.1) is 5.92 Å². The molecule has 0 aliphatic heterocycles. The molecule has 0 spiro atoms. The van der Waals surface area contributed by atoms with E-state index in [0.29, 0.717) is 6.54 Å². The van der Waals surface area contributed by atoms with E-state index in [2.05, 4.69) is 17.3 Å². The second kappa shape index (κ2) is 4.32. The summed E-state index contributed by atoms with van der Waals surface area (Å²) in [4.78, 5) is 5.18. The van der Waals surface area contributed by atoms with Crippen LogP contribution < -0.4 is 5.48 Å². The molecule has 0 rings (SSSR count). The normalized spacial score (nSPS) is 10.4. The molecular formula is C8H15NO. The van der Waals surface area contributed by atoms with Gasteiger partial charge < -0.3 is 0 Å². The molecule has 1 N–H and O–H groups in total. The molecule has 0 radical (unpaired) electrons. The molecule has 0 aromatic heterocycles. The molecule has 0 aliphatic rings. The van der Waals surface area contributed by atoms with Gasteiger partial charge in [0.1, 0.15) is 0 Å². The Balaban J connectivity index is 3.26. The van der Waals surface area contributed by atoms with E-state index in [0.717, 1.165) is 0 Å². The number of nitrogens with one attached hydrogen (secondary N) is 1. The van der Waals surface area contributed by atoms with Gasteiger partial charge in [0, 0.05) is 0 Å². The summed E-state index contributed by atoms with van der Waals surface area (Å²) in [5.74, 6) is 5.60. The summed E-state index contributed by atoms with van der Waals surface area (Å²) in [5, 5.41) is 0. The number of hydroxylamine groups is 1. The zero-order valence-corrected chi connectivity index (χ0v) is 7.12. The highest BCUT2D eigenvalue weighted by Crippen LogP contribution is 2.02. The van der Waals surface area contributed by atoms with Gasteiger partial charge in [-0.1, -0.05) is 5.92 Å². The van der Waals surface area contributed by atoms with Crippen LogP contribution in [0.2, 0.25) is 0 Å². The van der Waals surface area contributed by atoms with Gasteiger partial charge in [0.25, 0.3) is 0 Å². The molecule has 0 fully saturated rings. The molecule has 0 aromatic rings. The van der Waals surface area contributed by atoms with Gasteiger partial charge in [-0.25, -0.2) is 0 Å². The van der Waals surface area contributed by atoms with Crippen molar-refractivity contribution in [3.05, 3.63) is 0 Å². The summed E-state index contributed by atoms with van der Waals surface area (Å²) in [6, 6.07) is 0. The molecule has 58 valence electrons. The fourth-order valence-electron chi connectivity index (χ4n) is 0.377. The van der Waals surface area contributed by atoms with Crippen LogP contribution in [0.3, 0.4) is 0 Å². The minimum absolute atomic E-state index is 0.130. The van der Waals surface area contributed by atoms with Crippen molar-refractivity contribution in [2.45, 2.75) is 33.3 Å². The SMILES string of the molecule is CC#CCNOC(C)(C)C. The first-order chi connectivity index (χ1) is 4.56. The van der Waals surface area contributed by atoms with E-state index in [1.807, 2.05) is 20.8 Å². The third-order valence-electron chi connectivity index (χ3n) is 0.716. The molecule has 0 saturated carbocycles. The van der Waals surface area contributed by atoms with Gasteiger partial charge >= 0.3 is 0 Å². The maximum Gasteiger partial charge on any atom is 0.0821 e. The Morgan fingerprint density at radius 1 is 1.40 bits per heavy atom. The van der Waals surface area contributed by atoms with Gasteiger partial charge in [0.05, 0.1) is 12.1 Å². The average Bonchev–Trinajstić information content (AvgIpc) is 1.78. The minimum atomic E-state index is -0.130. The van der Waals surface area contributed by atoms with E-state index in [-0.39, 0.29) is 5.60 Å². The lowest BCUT2D eigenvalue weighted by atomic mass is 10.2. The predicted molar refractivity (Wildman–Crippen MR) is 42.3 cm³/mol. The standard InChI is InChI=1S/C8H15NO/c1-5-6-7-9-10-8(2,3)4/h9H,7H2,1-4H3. The predicted octanol–water partition coefficient (Wildman–Crippen LogP) is 1.33. The number of rotatable bonds is 2. The fourth-order valence-corrected chi connectivity index (χ4v) is 0.377. The highest BCUT2D eigenvalue weighted by molar-refractivity contribution is 4.96. The molecular weight excluding hydrogens is 126 g/mol.